The summed E-state index contributed by atoms with van der Waals surface area (Å²) >= 11 is 0. The maximum absolute atomic E-state index is 12.0. The number of aromatic hydroxyl groups is 1. The Kier molecular flexibility index (Phi) is 4.34. The van der Waals surface area contributed by atoms with Gasteiger partial charge in [-0.25, -0.2) is 0 Å². The lowest BCUT2D eigenvalue weighted by atomic mass is 10.1. The van der Waals surface area contributed by atoms with Crippen LogP contribution in [0.4, 0.5) is 5.69 Å². The number of likely N-dealkylation sites (N-methyl/N-ethyl adjacent to an activating group) is 1. The summed E-state index contributed by atoms with van der Waals surface area (Å²) in [6.07, 6.45) is -0.0358. The lowest BCUT2D eigenvalue weighted by Crippen LogP contribution is -2.33. The lowest BCUT2D eigenvalue weighted by molar-refractivity contribution is 0.0599. The molecule has 1 aromatic rings. The first-order valence-corrected chi connectivity index (χ1v) is 5.32. The van der Waals surface area contributed by atoms with Crippen LogP contribution < -0.4 is 5.73 Å². The standard InChI is InChI=1S/C12H18N2O3/c1-8(17-3)7-14(2)12(16)9-4-5-10(13)11(15)6-9/h4-6,8,15H,7,13H2,1-3H3. The molecule has 3 N–H and O–H groups in total. The van der Waals surface area contributed by atoms with Crippen LogP contribution in [0, 0.1) is 0 Å². The second-order valence-electron chi connectivity index (χ2n) is 4.01. The van der Waals surface area contributed by atoms with Crippen LogP contribution in [0.15, 0.2) is 18.2 Å². The summed E-state index contributed by atoms with van der Waals surface area (Å²) in [6, 6.07) is 4.47. The van der Waals surface area contributed by atoms with Crippen molar-refractivity contribution in [3.8, 4) is 5.75 Å². The molecule has 1 rings (SSSR count). The molecule has 5 nitrogen and oxygen atoms in total. The van der Waals surface area contributed by atoms with Crippen molar-refractivity contribution in [3.63, 3.8) is 0 Å². The molecule has 0 fully saturated rings. The van der Waals surface area contributed by atoms with Gasteiger partial charge in [0.15, 0.2) is 0 Å². The summed E-state index contributed by atoms with van der Waals surface area (Å²) in [7, 11) is 3.28. The van der Waals surface area contributed by atoms with Crippen molar-refractivity contribution in [1.82, 2.24) is 4.90 Å². The van der Waals surface area contributed by atoms with E-state index in [4.69, 9.17) is 10.5 Å². The zero-order valence-corrected chi connectivity index (χ0v) is 10.3. The fourth-order valence-corrected chi connectivity index (χ4v) is 1.44. The number of phenols is 1. The molecular formula is C12H18N2O3. The van der Waals surface area contributed by atoms with Gasteiger partial charge in [-0.1, -0.05) is 0 Å². The summed E-state index contributed by atoms with van der Waals surface area (Å²) in [6.45, 7) is 2.37. The average molecular weight is 238 g/mol. The van der Waals surface area contributed by atoms with Gasteiger partial charge in [0.05, 0.1) is 11.8 Å². The summed E-state index contributed by atoms with van der Waals surface area (Å²) in [5.41, 5.74) is 6.14. The number of nitrogens with zero attached hydrogens (tertiary/aromatic N) is 1. The molecule has 0 bridgehead atoms. The minimum Gasteiger partial charge on any atom is -0.506 e. The average Bonchev–Trinajstić information content (AvgIpc) is 2.31. The number of methoxy groups -OCH3 is 1. The number of carbonyl (C=O) groups is 1. The van der Waals surface area contributed by atoms with E-state index in [9.17, 15) is 9.90 Å². The van der Waals surface area contributed by atoms with Gasteiger partial charge >= 0.3 is 0 Å². The first-order chi connectivity index (χ1) is 7.95. The number of amides is 1. The van der Waals surface area contributed by atoms with Gasteiger partial charge < -0.3 is 20.5 Å². The van der Waals surface area contributed by atoms with E-state index in [0.717, 1.165) is 0 Å². The van der Waals surface area contributed by atoms with Crippen molar-refractivity contribution in [2.75, 3.05) is 26.4 Å². The molecule has 1 atom stereocenters. The van der Waals surface area contributed by atoms with Gasteiger partial charge in [0.2, 0.25) is 0 Å². The molecule has 94 valence electrons. The SMILES string of the molecule is COC(C)CN(C)C(=O)c1ccc(N)c(O)c1. The predicted octanol–water partition coefficient (Wildman–Crippen LogP) is 1.08. The zero-order chi connectivity index (χ0) is 13.0. The summed E-state index contributed by atoms with van der Waals surface area (Å²) in [5.74, 6) is -0.256. The minimum absolute atomic E-state index is 0.0358. The highest BCUT2D eigenvalue weighted by Crippen LogP contribution is 2.21. The molecule has 1 unspecified atom stereocenters. The number of nitrogens with two attached hydrogens (primary N) is 1. The Hall–Kier alpha value is -1.75. The van der Waals surface area contributed by atoms with Crippen LogP contribution in [-0.4, -0.2) is 42.7 Å². The summed E-state index contributed by atoms with van der Waals surface area (Å²) in [5, 5.41) is 9.44. The molecular weight excluding hydrogens is 220 g/mol. The Balaban J connectivity index is 2.78. The lowest BCUT2D eigenvalue weighted by Gasteiger charge is -2.20. The molecule has 0 aliphatic rings. The van der Waals surface area contributed by atoms with Crippen molar-refractivity contribution in [2.24, 2.45) is 0 Å². The third kappa shape index (κ3) is 3.35. The highest BCUT2D eigenvalue weighted by Gasteiger charge is 2.15. The van der Waals surface area contributed by atoms with E-state index in [1.807, 2.05) is 6.92 Å². The number of anilines is 1. The first kappa shape index (κ1) is 13.3. The van der Waals surface area contributed by atoms with Gasteiger partial charge in [0.1, 0.15) is 5.75 Å². The number of nitrogen functional groups attached to an aromatic ring is 1. The molecule has 5 heteroatoms. The van der Waals surface area contributed by atoms with Gasteiger partial charge in [-0.05, 0) is 25.1 Å². The number of hydrogen-bond acceptors (Lipinski definition) is 4. The second-order valence-corrected chi connectivity index (χ2v) is 4.01. The number of carbonyl (C=O) groups excluding carboxylic acids is 1. The summed E-state index contributed by atoms with van der Waals surface area (Å²) in [4.78, 5) is 13.5. The van der Waals surface area contributed by atoms with Crippen LogP contribution in [0.1, 0.15) is 17.3 Å². The van der Waals surface area contributed by atoms with Crippen LogP contribution in [0.2, 0.25) is 0 Å². The Bertz CT molecular complexity index is 407. The van der Waals surface area contributed by atoms with Crippen LogP contribution in [0.3, 0.4) is 0 Å². The molecule has 17 heavy (non-hydrogen) atoms. The van der Waals surface area contributed by atoms with E-state index in [-0.39, 0.29) is 23.4 Å². The Morgan fingerprint density at radius 2 is 2.24 bits per heavy atom. The molecule has 0 aliphatic heterocycles. The van der Waals surface area contributed by atoms with Crippen LogP contribution >= 0.6 is 0 Å². The molecule has 0 saturated carbocycles. The monoisotopic (exact) mass is 238 g/mol. The molecule has 0 spiro atoms. The Labute approximate surface area is 101 Å². The van der Waals surface area contributed by atoms with Crippen molar-refractivity contribution < 1.29 is 14.6 Å². The maximum Gasteiger partial charge on any atom is 0.253 e. The normalized spacial score (nSPS) is 12.2. The zero-order valence-electron chi connectivity index (χ0n) is 10.3. The molecule has 1 amide bonds. The Morgan fingerprint density at radius 1 is 1.59 bits per heavy atom. The molecule has 0 heterocycles. The number of ether oxygens (including phenoxy) is 1. The van der Waals surface area contributed by atoms with Gasteiger partial charge in [-0.3, -0.25) is 4.79 Å². The molecule has 0 radical (unpaired) electrons. The van der Waals surface area contributed by atoms with Gasteiger partial charge in [0.25, 0.3) is 5.91 Å². The topological polar surface area (TPSA) is 75.8 Å². The Morgan fingerprint density at radius 3 is 2.76 bits per heavy atom. The van der Waals surface area contributed by atoms with Gasteiger partial charge in [0, 0.05) is 26.3 Å². The van der Waals surface area contributed by atoms with Crippen molar-refractivity contribution in [2.45, 2.75) is 13.0 Å². The highest BCUT2D eigenvalue weighted by molar-refractivity contribution is 5.95. The van der Waals surface area contributed by atoms with Crippen molar-refractivity contribution in [1.29, 1.82) is 0 Å². The first-order valence-electron chi connectivity index (χ1n) is 5.32. The quantitative estimate of drug-likeness (QED) is 0.608. The van der Waals surface area contributed by atoms with E-state index >= 15 is 0 Å². The third-order valence-corrected chi connectivity index (χ3v) is 2.56. The maximum atomic E-state index is 12.0. The largest absolute Gasteiger partial charge is 0.506 e. The van der Waals surface area contributed by atoms with Gasteiger partial charge in [-0.2, -0.15) is 0 Å². The van der Waals surface area contributed by atoms with E-state index in [1.165, 1.54) is 12.1 Å². The molecule has 0 aromatic heterocycles. The summed E-state index contributed by atoms with van der Waals surface area (Å²) < 4.78 is 5.09. The number of hydrogen-bond donors (Lipinski definition) is 2. The van der Waals surface area contributed by atoms with E-state index in [2.05, 4.69) is 0 Å². The van der Waals surface area contributed by atoms with Crippen molar-refractivity contribution >= 4 is 11.6 Å². The predicted molar refractivity (Wildman–Crippen MR) is 66.0 cm³/mol. The minimum atomic E-state index is -0.177. The smallest absolute Gasteiger partial charge is 0.253 e. The number of phenolic OH excluding ortho intramolecular Hbond substituents is 1. The number of rotatable bonds is 4. The van der Waals surface area contributed by atoms with Crippen LogP contribution in [0.25, 0.3) is 0 Å². The molecule has 0 saturated heterocycles. The van der Waals surface area contributed by atoms with Gasteiger partial charge in [-0.15, -0.1) is 0 Å². The molecule has 0 aliphatic carbocycles. The molecule has 1 aromatic carbocycles. The van der Waals surface area contributed by atoms with Crippen LogP contribution in [0.5, 0.6) is 5.75 Å². The fraction of sp³-hybridized carbons (Fsp3) is 0.417. The van der Waals surface area contributed by atoms with E-state index in [1.54, 1.807) is 25.1 Å². The van der Waals surface area contributed by atoms with E-state index < -0.39 is 0 Å². The van der Waals surface area contributed by atoms with E-state index in [0.29, 0.717) is 12.1 Å². The number of benzene rings is 1. The third-order valence-electron chi connectivity index (χ3n) is 2.56. The fourth-order valence-electron chi connectivity index (χ4n) is 1.44. The van der Waals surface area contributed by atoms with Crippen LogP contribution in [-0.2, 0) is 4.74 Å². The van der Waals surface area contributed by atoms with Crippen molar-refractivity contribution in [3.05, 3.63) is 23.8 Å². The highest BCUT2D eigenvalue weighted by atomic mass is 16.5. The second kappa shape index (κ2) is 5.54.